The van der Waals surface area contributed by atoms with Crippen molar-refractivity contribution in [2.75, 3.05) is 0 Å². The smallest absolute Gasteiger partial charge is 0.335 e. The van der Waals surface area contributed by atoms with Crippen molar-refractivity contribution < 1.29 is 19.1 Å². The predicted octanol–water partition coefficient (Wildman–Crippen LogP) is 5.46. The molecule has 5 rings (SSSR count). The molecular weight excluding hydrogens is 430 g/mol. The molecule has 34 heavy (non-hydrogen) atoms. The Morgan fingerprint density at radius 2 is 1.74 bits per heavy atom. The molecule has 0 unspecified atom stereocenters. The fourth-order valence-corrected chi connectivity index (χ4v) is 4.19. The number of aromatic carboxylic acids is 1. The van der Waals surface area contributed by atoms with Crippen molar-refractivity contribution in [3.05, 3.63) is 101 Å². The summed E-state index contributed by atoms with van der Waals surface area (Å²) in [6.07, 6.45) is 1.58. The SMILES string of the molecule is Cc1cc(/C=N/NC(=O)c2cc3c(ccc4ccccc43)o2)c(C)n1-c1ccc(C(=O)O)cc1. The molecule has 0 fully saturated rings. The molecule has 0 atom stereocenters. The second-order valence-electron chi connectivity index (χ2n) is 8.02. The first-order chi connectivity index (χ1) is 16.4. The number of carbonyl (C=O) groups is 2. The minimum absolute atomic E-state index is 0.187. The van der Waals surface area contributed by atoms with E-state index in [4.69, 9.17) is 9.52 Å². The lowest BCUT2D eigenvalue weighted by atomic mass is 10.1. The maximum Gasteiger partial charge on any atom is 0.335 e. The Balaban J connectivity index is 1.36. The van der Waals surface area contributed by atoms with Crippen molar-refractivity contribution in [2.45, 2.75) is 13.8 Å². The second-order valence-corrected chi connectivity index (χ2v) is 8.02. The largest absolute Gasteiger partial charge is 0.478 e. The molecule has 3 aromatic carbocycles. The van der Waals surface area contributed by atoms with Gasteiger partial charge in [-0.2, -0.15) is 5.10 Å². The number of benzene rings is 3. The minimum Gasteiger partial charge on any atom is -0.478 e. The summed E-state index contributed by atoms with van der Waals surface area (Å²) in [6.45, 7) is 3.89. The molecule has 0 aliphatic rings. The van der Waals surface area contributed by atoms with Crippen molar-refractivity contribution in [1.29, 1.82) is 0 Å². The number of carboxylic acids is 1. The fraction of sp³-hybridized carbons (Fsp3) is 0.0741. The number of hydrogen-bond acceptors (Lipinski definition) is 4. The van der Waals surface area contributed by atoms with E-state index in [0.717, 1.165) is 38.8 Å². The van der Waals surface area contributed by atoms with E-state index in [2.05, 4.69) is 10.5 Å². The van der Waals surface area contributed by atoms with Crippen molar-refractivity contribution in [3.63, 3.8) is 0 Å². The molecular formula is C27H21N3O4. The molecule has 0 aliphatic carbocycles. The van der Waals surface area contributed by atoms with Gasteiger partial charge in [-0.15, -0.1) is 0 Å². The van der Waals surface area contributed by atoms with Crippen LogP contribution in [-0.4, -0.2) is 27.8 Å². The summed E-state index contributed by atoms with van der Waals surface area (Å²) in [5.41, 5.74) is 6.95. The molecule has 0 saturated carbocycles. The molecule has 7 nitrogen and oxygen atoms in total. The molecule has 2 N–H and O–H groups in total. The summed E-state index contributed by atoms with van der Waals surface area (Å²) in [5.74, 6) is -1.21. The van der Waals surface area contributed by atoms with Crippen molar-refractivity contribution in [3.8, 4) is 5.69 Å². The molecule has 0 spiro atoms. The Labute approximate surface area is 194 Å². The van der Waals surface area contributed by atoms with E-state index in [1.165, 1.54) is 0 Å². The summed E-state index contributed by atoms with van der Waals surface area (Å²) in [5, 5.41) is 16.2. The van der Waals surface area contributed by atoms with Crippen LogP contribution < -0.4 is 5.43 Å². The van der Waals surface area contributed by atoms with Gasteiger partial charge in [0.2, 0.25) is 0 Å². The number of carboxylic acid groups (broad SMARTS) is 1. The van der Waals surface area contributed by atoms with Crippen molar-refractivity contribution in [1.82, 2.24) is 9.99 Å². The van der Waals surface area contributed by atoms with Crippen molar-refractivity contribution >= 4 is 39.8 Å². The molecule has 0 aliphatic heterocycles. The van der Waals surface area contributed by atoms with Crippen LogP contribution in [0.4, 0.5) is 0 Å². The number of hydrogen-bond donors (Lipinski definition) is 2. The lowest BCUT2D eigenvalue weighted by molar-refractivity contribution is 0.0696. The number of fused-ring (bicyclic) bond motifs is 3. The third kappa shape index (κ3) is 3.73. The van der Waals surface area contributed by atoms with Crippen LogP contribution in [-0.2, 0) is 0 Å². The van der Waals surface area contributed by atoms with Crippen LogP contribution in [0.25, 0.3) is 27.4 Å². The topological polar surface area (TPSA) is 96.8 Å². The highest BCUT2D eigenvalue weighted by Gasteiger charge is 2.14. The number of furan rings is 1. The summed E-state index contributed by atoms with van der Waals surface area (Å²) in [6, 6.07) is 22.1. The van der Waals surface area contributed by atoms with Crippen LogP contribution in [0.5, 0.6) is 0 Å². The maximum atomic E-state index is 12.6. The predicted molar refractivity (Wildman–Crippen MR) is 131 cm³/mol. The van der Waals surface area contributed by atoms with Gasteiger partial charge in [-0.3, -0.25) is 4.79 Å². The highest BCUT2D eigenvalue weighted by Crippen LogP contribution is 2.28. The molecule has 5 aromatic rings. The average Bonchev–Trinajstić information content (AvgIpc) is 3.40. The average molecular weight is 451 g/mol. The molecule has 7 heteroatoms. The van der Waals surface area contributed by atoms with Gasteiger partial charge < -0.3 is 14.1 Å². The van der Waals surface area contributed by atoms with Gasteiger partial charge in [-0.25, -0.2) is 10.2 Å². The first-order valence-electron chi connectivity index (χ1n) is 10.7. The Hall–Kier alpha value is -4.65. The molecule has 168 valence electrons. The summed E-state index contributed by atoms with van der Waals surface area (Å²) < 4.78 is 7.74. The monoisotopic (exact) mass is 451 g/mol. The molecule has 0 saturated heterocycles. The lowest BCUT2D eigenvalue weighted by Crippen LogP contribution is -2.16. The maximum absolute atomic E-state index is 12.6. The summed E-state index contributed by atoms with van der Waals surface area (Å²) in [7, 11) is 0. The van der Waals surface area contributed by atoms with Gasteiger partial charge in [0.25, 0.3) is 0 Å². The van der Waals surface area contributed by atoms with E-state index in [9.17, 15) is 9.59 Å². The van der Waals surface area contributed by atoms with Gasteiger partial charge in [0, 0.05) is 28.0 Å². The van der Waals surface area contributed by atoms with Gasteiger partial charge in [0.1, 0.15) is 5.58 Å². The van der Waals surface area contributed by atoms with Gasteiger partial charge in [0.05, 0.1) is 11.8 Å². The normalized spacial score (nSPS) is 11.5. The third-order valence-electron chi connectivity index (χ3n) is 5.86. The number of carbonyl (C=O) groups excluding carboxylic acids is 1. The van der Waals surface area contributed by atoms with E-state index in [-0.39, 0.29) is 11.3 Å². The Bertz CT molecular complexity index is 1590. The van der Waals surface area contributed by atoms with Crippen LogP contribution in [0.1, 0.15) is 37.9 Å². The Kier molecular flexibility index (Phi) is 5.22. The molecule has 0 bridgehead atoms. The van der Waals surface area contributed by atoms with Gasteiger partial charge in [0.15, 0.2) is 5.76 Å². The van der Waals surface area contributed by atoms with Gasteiger partial charge >= 0.3 is 11.9 Å². The second kappa shape index (κ2) is 8.37. The number of amides is 1. The van der Waals surface area contributed by atoms with Crippen molar-refractivity contribution in [2.24, 2.45) is 5.10 Å². The first kappa shape index (κ1) is 21.2. The zero-order chi connectivity index (χ0) is 23.8. The quantitative estimate of drug-likeness (QED) is 0.274. The number of aromatic nitrogens is 1. The highest BCUT2D eigenvalue weighted by atomic mass is 16.4. The first-order valence-corrected chi connectivity index (χ1v) is 10.7. The van der Waals surface area contributed by atoms with Gasteiger partial charge in [-0.05, 0) is 67.1 Å². The standard InChI is InChI=1S/C27H21N3O4/c1-16-13-20(17(2)30(16)21-10-7-19(8-11-21)27(32)33)15-28-29-26(31)25-14-23-22-6-4-3-5-18(22)9-12-24(23)34-25/h3-15H,1-2H3,(H,29,31)(H,32,33)/b28-15+. The van der Waals surface area contributed by atoms with Crippen LogP contribution >= 0.6 is 0 Å². The number of hydrazone groups is 1. The van der Waals surface area contributed by atoms with E-state index in [1.807, 2.05) is 60.9 Å². The number of rotatable bonds is 5. The Morgan fingerprint density at radius 3 is 2.50 bits per heavy atom. The number of nitrogens with zero attached hydrogens (tertiary/aromatic N) is 2. The fourth-order valence-electron chi connectivity index (χ4n) is 4.19. The molecule has 0 radical (unpaired) electrons. The minimum atomic E-state index is -0.964. The van der Waals surface area contributed by atoms with Crippen LogP contribution in [0.15, 0.2) is 82.3 Å². The van der Waals surface area contributed by atoms with E-state index in [0.29, 0.717) is 5.58 Å². The zero-order valence-corrected chi connectivity index (χ0v) is 18.6. The molecule has 2 aromatic heterocycles. The van der Waals surface area contributed by atoms with Gasteiger partial charge in [-0.1, -0.05) is 30.3 Å². The van der Waals surface area contributed by atoms with E-state index < -0.39 is 11.9 Å². The number of nitrogens with one attached hydrogen (secondary N) is 1. The lowest BCUT2D eigenvalue weighted by Gasteiger charge is -2.09. The summed E-state index contributed by atoms with van der Waals surface area (Å²) in [4.78, 5) is 23.7. The van der Waals surface area contributed by atoms with Crippen LogP contribution in [0, 0.1) is 13.8 Å². The Morgan fingerprint density at radius 1 is 0.971 bits per heavy atom. The van der Waals surface area contributed by atoms with Crippen LogP contribution in [0.2, 0.25) is 0 Å². The number of aryl methyl sites for hydroxylation is 1. The molecule has 1 amide bonds. The molecule has 2 heterocycles. The highest BCUT2D eigenvalue weighted by molar-refractivity contribution is 6.08. The van der Waals surface area contributed by atoms with E-state index >= 15 is 0 Å². The van der Waals surface area contributed by atoms with E-state index in [1.54, 1.807) is 36.5 Å². The zero-order valence-electron chi connectivity index (χ0n) is 18.6. The third-order valence-corrected chi connectivity index (χ3v) is 5.86. The summed E-state index contributed by atoms with van der Waals surface area (Å²) >= 11 is 0. The van der Waals surface area contributed by atoms with Crippen LogP contribution in [0.3, 0.4) is 0 Å².